The molecule has 1 aromatic rings. The first-order valence-electron chi connectivity index (χ1n) is 6.55. The Bertz CT molecular complexity index is 265. The number of aryl methyl sites for hydroxylation is 1. The molecule has 1 aliphatic rings. The quantitative estimate of drug-likeness (QED) is 0.713. The van der Waals surface area contributed by atoms with Gasteiger partial charge in [-0.1, -0.05) is 33.8 Å². The molecule has 92 valence electrons. The summed E-state index contributed by atoms with van der Waals surface area (Å²) in [4.78, 5) is 6.84. The lowest BCUT2D eigenvalue weighted by atomic mass is 10.3. The predicted octanol–water partition coefficient (Wildman–Crippen LogP) is 4.04. The Morgan fingerprint density at radius 3 is 2.06 bits per heavy atom. The third-order valence-corrected chi connectivity index (χ3v) is 2.30. The second kappa shape index (κ2) is 9.20. The summed E-state index contributed by atoms with van der Waals surface area (Å²) < 4.78 is 0. The summed E-state index contributed by atoms with van der Waals surface area (Å²) in [5.41, 5.74) is 1.11. The van der Waals surface area contributed by atoms with Crippen molar-refractivity contribution in [2.24, 2.45) is 0 Å². The van der Waals surface area contributed by atoms with Gasteiger partial charge >= 0.3 is 0 Å². The Morgan fingerprint density at radius 2 is 1.56 bits per heavy atom. The number of nitrogens with zero attached hydrogens (tertiary/aromatic N) is 2. The SMILES string of the molecule is CC.CC.Cc1cccc(N2CCCC2)n1. The highest BCUT2D eigenvalue weighted by atomic mass is 15.2. The molecular formula is C14H26N2. The van der Waals surface area contributed by atoms with Crippen LogP contribution >= 0.6 is 0 Å². The van der Waals surface area contributed by atoms with Crippen LogP contribution in [-0.4, -0.2) is 18.1 Å². The van der Waals surface area contributed by atoms with Gasteiger partial charge in [0, 0.05) is 18.8 Å². The summed E-state index contributed by atoms with van der Waals surface area (Å²) >= 11 is 0. The summed E-state index contributed by atoms with van der Waals surface area (Å²) in [6, 6.07) is 6.22. The maximum absolute atomic E-state index is 4.48. The smallest absolute Gasteiger partial charge is 0.128 e. The van der Waals surface area contributed by atoms with Crippen LogP contribution in [0, 0.1) is 6.92 Å². The number of aromatic nitrogens is 1. The fourth-order valence-electron chi connectivity index (χ4n) is 1.65. The van der Waals surface area contributed by atoms with E-state index in [4.69, 9.17) is 0 Å². The molecule has 0 saturated carbocycles. The number of anilines is 1. The lowest BCUT2D eigenvalue weighted by Gasteiger charge is -2.15. The molecule has 2 heteroatoms. The molecule has 0 N–H and O–H groups in total. The maximum Gasteiger partial charge on any atom is 0.128 e. The van der Waals surface area contributed by atoms with Crippen LogP contribution in [0.1, 0.15) is 46.2 Å². The Labute approximate surface area is 101 Å². The van der Waals surface area contributed by atoms with Crippen LogP contribution in [0.25, 0.3) is 0 Å². The predicted molar refractivity (Wildman–Crippen MR) is 73.1 cm³/mol. The van der Waals surface area contributed by atoms with Crippen molar-refractivity contribution >= 4 is 5.82 Å². The van der Waals surface area contributed by atoms with Gasteiger partial charge in [0.1, 0.15) is 5.82 Å². The molecule has 2 heterocycles. The van der Waals surface area contributed by atoms with Gasteiger partial charge in [-0.25, -0.2) is 4.98 Å². The Morgan fingerprint density at radius 1 is 1.00 bits per heavy atom. The highest BCUT2D eigenvalue weighted by Gasteiger charge is 2.12. The summed E-state index contributed by atoms with van der Waals surface area (Å²) in [5, 5.41) is 0. The Kier molecular flexibility index (Phi) is 8.59. The van der Waals surface area contributed by atoms with Gasteiger partial charge in [-0.3, -0.25) is 0 Å². The first kappa shape index (κ1) is 14.9. The van der Waals surface area contributed by atoms with E-state index in [2.05, 4.69) is 22.0 Å². The first-order valence-corrected chi connectivity index (χ1v) is 6.55. The molecule has 1 saturated heterocycles. The molecule has 0 atom stereocenters. The zero-order valence-electron chi connectivity index (χ0n) is 11.5. The summed E-state index contributed by atoms with van der Waals surface area (Å²) in [6.07, 6.45) is 2.63. The summed E-state index contributed by atoms with van der Waals surface area (Å²) in [5.74, 6) is 1.15. The minimum Gasteiger partial charge on any atom is -0.357 e. The number of pyridine rings is 1. The Balaban J connectivity index is 0.000000509. The van der Waals surface area contributed by atoms with Gasteiger partial charge in [0.15, 0.2) is 0 Å². The van der Waals surface area contributed by atoms with Crippen LogP contribution in [0.5, 0.6) is 0 Å². The average Bonchev–Trinajstić information content (AvgIpc) is 2.88. The monoisotopic (exact) mass is 222 g/mol. The van der Waals surface area contributed by atoms with E-state index in [1.165, 1.54) is 25.9 Å². The van der Waals surface area contributed by atoms with Gasteiger partial charge in [0.25, 0.3) is 0 Å². The Hall–Kier alpha value is -1.05. The fourth-order valence-corrected chi connectivity index (χ4v) is 1.65. The largest absolute Gasteiger partial charge is 0.357 e. The number of hydrogen-bond acceptors (Lipinski definition) is 2. The molecule has 1 fully saturated rings. The highest BCUT2D eigenvalue weighted by Crippen LogP contribution is 2.17. The van der Waals surface area contributed by atoms with Gasteiger partial charge in [-0.15, -0.1) is 0 Å². The second-order valence-electron chi connectivity index (χ2n) is 3.33. The van der Waals surface area contributed by atoms with E-state index in [0.717, 1.165) is 11.5 Å². The van der Waals surface area contributed by atoms with E-state index >= 15 is 0 Å². The summed E-state index contributed by atoms with van der Waals surface area (Å²) in [7, 11) is 0. The van der Waals surface area contributed by atoms with E-state index in [1.807, 2.05) is 40.7 Å². The van der Waals surface area contributed by atoms with Crippen molar-refractivity contribution in [2.45, 2.75) is 47.5 Å². The van der Waals surface area contributed by atoms with Crippen molar-refractivity contribution in [3.8, 4) is 0 Å². The van der Waals surface area contributed by atoms with Crippen LogP contribution in [0.3, 0.4) is 0 Å². The minimum absolute atomic E-state index is 1.11. The molecule has 0 bridgehead atoms. The third kappa shape index (κ3) is 4.65. The van der Waals surface area contributed by atoms with Crippen molar-refractivity contribution in [2.75, 3.05) is 18.0 Å². The standard InChI is InChI=1S/C10H14N2.2C2H6/c1-9-5-4-6-10(11-9)12-7-2-3-8-12;2*1-2/h4-6H,2-3,7-8H2,1H3;2*1-2H3. The molecule has 0 unspecified atom stereocenters. The molecule has 1 aromatic heterocycles. The average molecular weight is 222 g/mol. The molecule has 0 spiro atoms. The van der Waals surface area contributed by atoms with Crippen LogP contribution in [0.4, 0.5) is 5.82 Å². The van der Waals surface area contributed by atoms with Crippen LogP contribution in [0.15, 0.2) is 18.2 Å². The molecule has 0 amide bonds. The molecular weight excluding hydrogens is 196 g/mol. The molecule has 0 aromatic carbocycles. The van der Waals surface area contributed by atoms with Crippen LogP contribution in [0.2, 0.25) is 0 Å². The lowest BCUT2D eigenvalue weighted by Crippen LogP contribution is -2.18. The van der Waals surface area contributed by atoms with Crippen molar-refractivity contribution < 1.29 is 0 Å². The minimum atomic E-state index is 1.11. The second-order valence-corrected chi connectivity index (χ2v) is 3.33. The normalized spacial score (nSPS) is 13.4. The van der Waals surface area contributed by atoms with Crippen molar-refractivity contribution in [3.05, 3.63) is 23.9 Å². The van der Waals surface area contributed by atoms with E-state index in [9.17, 15) is 0 Å². The first-order chi connectivity index (χ1) is 7.86. The number of hydrogen-bond donors (Lipinski definition) is 0. The lowest BCUT2D eigenvalue weighted by molar-refractivity contribution is 0.929. The molecule has 0 aliphatic carbocycles. The van der Waals surface area contributed by atoms with E-state index in [0.29, 0.717) is 0 Å². The molecule has 0 radical (unpaired) electrons. The molecule has 2 nitrogen and oxygen atoms in total. The van der Waals surface area contributed by atoms with Crippen molar-refractivity contribution in [1.82, 2.24) is 4.98 Å². The molecule has 16 heavy (non-hydrogen) atoms. The fraction of sp³-hybridized carbons (Fsp3) is 0.643. The van der Waals surface area contributed by atoms with Gasteiger partial charge < -0.3 is 4.90 Å². The maximum atomic E-state index is 4.48. The number of rotatable bonds is 1. The van der Waals surface area contributed by atoms with Gasteiger partial charge in [0.2, 0.25) is 0 Å². The van der Waals surface area contributed by atoms with E-state index in [-0.39, 0.29) is 0 Å². The summed E-state index contributed by atoms with van der Waals surface area (Å²) in [6.45, 7) is 12.4. The topological polar surface area (TPSA) is 16.1 Å². The van der Waals surface area contributed by atoms with Gasteiger partial charge in [0.05, 0.1) is 0 Å². The third-order valence-electron chi connectivity index (χ3n) is 2.30. The van der Waals surface area contributed by atoms with Crippen LogP contribution in [-0.2, 0) is 0 Å². The van der Waals surface area contributed by atoms with Crippen molar-refractivity contribution in [3.63, 3.8) is 0 Å². The molecule has 1 aliphatic heterocycles. The zero-order chi connectivity index (χ0) is 12.4. The van der Waals surface area contributed by atoms with E-state index in [1.54, 1.807) is 0 Å². The van der Waals surface area contributed by atoms with Gasteiger partial charge in [-0.2, -0.15) is 0 Å². The van der Waals surface area contributed by atoms with Crippen LogP contribution < -0.4 is 4.90 Å². The van der Waals surface area contributed by atoms with Gasteiger partial charge in [-0.05, 0) is 31.9 Å². The van der Waals surface area contributed by atoms with Crippen molar-refractivity contribution in [1.29, 1.82) is 0 Å². The zero-order valence-corrected chi connectivity index (χ0v) is 11.5. The van der Waals surface area contributed by atoms with E-state index < -0.39 is 0 Å². The highest BCUT2D eigenvalue weighted by molar-refractivity contribution is 5.39. The molecule has 2 rings (SSSR count).